The van der Waals surface area contributed by atoms with Crippen LogP contribution in [0.25, 0.3) is 0 Å². The van der Waals surface area contributed by atoms with Crippen molar-refractivity contribution in [1.82, 2.24) is 0 Å². The van der Waals surface area contributed by atoms with Gasteiger partial charge in [-0.15, -0.1) is 12.4 Å². The highest BCUT2D eigenvalue weighted by Gasteiger charge is 2.10. The lowest BCUT2D eigenvalue weighted by molar-refractivity contribution is -0.117. The highest BCUT2D eigenvalue weighted by molar-refractivity contribution is 5.94. The molecule has 5 nitrogen and oxygen atoms in total. The average molecular weight is 275 g/mol. The van der Waals surface area contributed by atoms with Gasteiger partial charge in [-0.2, -0.15) is 0 Å². The molecule has 3 N–H and O–H groups in total. The van der Waals surface area contributed by atoms with Crippen molar-refractivity contribution in [1.29, 1.82) is 0 Å². The minimum Gasteiger partial charge on any atom is -0.493 e. The highest BCUT2D eigenvalue weighted by atomic mass is 35.5. The first kappa shape index (κ1) is 16.5. The van der Waals surface area contributed by atoms with E-state index in [-0.39, 0.29) is 18.3 Å². The van der Waals surface area contributed by atoms with Crippen LogP contribution in [-0.2, 0) is 4.79 Å². The Labute approximate surface area is 113 Å². The number of carbonyl (C=O) groups is 1. The minimum atomic E-state index is -0.549. The molecule has 0 fully saturated rings. The second-order valence-electron chi connectivity index (χ2n) is 3.58. The number of hydrogen-bond donors (Lipinski definition) is 2. The van der Waals surface area contributed by atoms with Crippen LogP contribution in [0.1, 0.15) is 13.8 Å². The van der Waals surface area contributed by atoms with E-state index in [1.54, 1.807) is 32.2 Å². The van der Waals surface area contributed by atoms with Crippen molar-refractivity contribution in [2.24, 2.45) is 5.73 Å². The largest absolute Gasteiger partial charge is 0.493 e. The van der Waals surface area contributed by atoms with Gasteiger partial charge in [0.1, 0.15) is 0 Å². The number of hydrogen-bond acceptors (Lipinski definition) is 4. The lowest BCUT2D eigenvalue weighted by atomic mass is 10.2. The maximum absolute atomic E-state index is 11.4. The minimum absolute atomic E-state index is 0. The van der Waals surface area contributed by atoms with E-state index in [0.717, 1.165) is 0 Å². The molecular weight excluding hydrogens is 256 g/mol. The Hall–Kier alpha value is -1.46. The quantitative estimate of drug-likeness (QED) is 0.859. The summed E-state index contributed by atoms with van der Waals surface area (Å²) in [5.74, 6) is 0.985. The molecule has 0 aliphatic carbocycles. The van der Waals surface area contributed by atoms with Gasteiger partial charge in [-0.25, -0.2) is 0 Å². The zero-order chi connectivity index (χ0) is 12.8. The van der Waals surface area contributed by atoms with Gasteiger partial charge in [0.2, 0.25) is 5.91 Å². The third kappa shape index (κ3) is 4.43. The number of methoxy groups -OCH3 is 1. The summed E-state index contributed by atoms with van der Waals surface area (Å²) in [6, 6.07) is 4.64. The standard InChI is InChI=1S/C12H18N2O3.ClH/c1-4-17-10-6-5-9(7-11(10)16-3)14-12(15)8(2)13;/h5-8H,4,13H2,1-3H3,(H,14,15);1H/t8-;/m1./s1. The number of nitrogens with one attached hydrogen (secondary N) is 1. The van der Waals surface area contributed by atoms with E-state index in [0.29, 0.717) is 23.8 Å². The zero-order valence-corrected chi connectivity index (χ0v) is 11.5. The number of amides is 1. The van der Waals surface area contributed by atoms with Crippen molar-refractivity contribution in [3.63, 3.8) is 0 Å². The average Bonchev–Trinajstić information content (AvgIpc) is 2.31. The highest BCUT2D eigenvalue weighted by Crippen LogP contribution is 2.30. The van der Waals surface area contributed by atoms with Crippen molar-refractivity contribution in [2.75, 3.05) is 19.0 Å². The summed E-state index contributed by atoms with van der Waals surface area (Å²) in [5, 5.41) is 2.69. The molecule has 6 heteroatoms. The monoisotopic (exact) mass is 274 g/mol. The predicted octanol–water partition coefficient (Wildman–Crippen LogP) is 1.80. The summed E-state index contributed by atoms with van der Waals surface area (Å²) in [5.41, 5.74) is 6.10. The number of halogens is 1. The molecule has 0 unspecified atom stereocenters. The molecule has 0 radical (unpaired) electrons. The van der Waals surface area contributed by atoms with Crippen LogP contribution in [0.5, 0.6) is 11.5 Å². The number of carbonyl (C=O) groups excluding carboxylic acids is 1. The molecule has 0 heterocycles. The van der Waals surface area contributed by atoms with Crippen LogP contribution in [0.4, 0.5) is 5.69 Å². The van der Waals surface area contributed by atoms with Crippen molar-refractivity contribution in [2.45, 2.75) is 19.9 Å². The number of nitrogens with two attached hydrogens (primary N) is 1. The lowest BCUT2D eigenvalue weighted by Crippen LogP contribution is -2.32. The maximum atomic E-state index is 11.4. The first-order valence-corrected chi connectivity index (χ1v) is 5.45. The molecule has 102 valence electrons. The van der Waals surface area contributed by atoms with Crippen LogP contribution < -0.4 is 20.5 Å². The van der Waals surface area contributed by atoms with Crippen LogP contribution in [0, 0.1) is 0 Å². The molecule has 1 aromatic rings. The summed E-state index contributed by atoms with van der Waals surface area (Å²) in [4.78, 5) is 11.4. The molecule has 0 saturated heterocycles. The molecule has 0 aliphatic rings. The van der Waals surface area contributed by atoms with E-state index in [2.05, 4.69) is 5.32 Å². The van der Waals surface area contributed by atoms with Gasteiger partial charge in [-0.05, 0) is 26.0 Å². The van der Waals surface area contributed by atoms with Crippen LogP contribution in [0.15, 0.2) is 18.2 Å². The van der Waals surface area contributed by atoms with Crippen LogP contribution in [0.2, 0.25) is 0 Å². The molecule has 1 rings (SSSR count). The molecule has 0 spiro atoms. The van der Waals surface area contributed by atoms with Gasteiger partial charge < -0.3 is 20.5 Å². The topological polar surface area (TPSA) is 73.6 Å². The van der Waals surface area contributed by atoms with Crippen molar-refractivity contribution in [3.8, 4) is 11.5 Å². The van der Waals surface area contributed by atoms with Gasteiger partial charge in [0.25, 0.3) is 0 Å². The number of anilines is 1. The predicted molar refractivity (Wildman–Crippen MR) is 73.7 cm³/mol. The summed E-state index contributed by atoms with van der Waals surface area (Å²) in [7, 11) is 1.55. The van der Waals surface area contributed by atoms with E-state index < -0.39 is 6.04 Å². The fourth-order valence-electron chi connectivity index (χ4n) is 1.28. The van der Waals surface area contributed by atoms with Gasteiger partial charge in [0.15, 0.2) is 11.5 Å². The number of benzene rings is 1. The summed E-state index contributed by atoms with van der Waals surface area (Å²) in [6.07, 6.45) is 0. The Bertz CT molecular complexity index is 397. The van der Waals surface area contributed by atoms with Gasteiger partial charge in [-0.1, -0.05) is 0 Å². The lowest BCUT2D eigenvalue weighted by Gasteiger charge is -2.12. The van der Waals surface area contributed by atoms with Crippen molar-refractivity contribution in [3.05, 3.63) is 18.2 Å². The summed E-state index contributed by atoms with van der Waals surface area (Å²) >= 11 is 0. The molecule has 0 aromatic heterocycles. The molecule has 0 saturated carbocycles. The molecule has 1 aromatic carbocycles. The molecule has 1 atom stereocenters. The second-order valence-corrected chi connectivity index (χ2v) is 3.58. The molecule has 0 bridgehead atoms. The molecular formula is C12H19ClN2O3. The Balaban J connectivity index is 0.00000289. The summed E-state index contributed by atoms with van der Waals surface area (Å²) in [6.45, 7) is 4.08. The van der Waals surface area contributed by atoms with E-state index in [1.807, 2.05) is 6.92 Å². The van der Waals surface area contributed by atoms with E-state index in [4.69, 9.17) is 15.2 Å². The Morgan fingerprint density at radius 2 is 2.11 bits per heavy atom. The SMILES string of the molecule is CCOc1ccc(NC(=O)[C@@H](C)N)cc1OC.Cl. The zero-order valence-electron chi connectivity index (χ0n) is 10.7. The molecule has 1 amide bonds. The number of rotatable bonds is 5. The molecule has 0 aliphatic heterocycles. The second kappa shape index (κ2) is 7.79. The maximum Gasteiger partial charge on any atom is 0.241 e. The van der Waals surface area contributed by atoms with Crippen molar-refractivity contribution >= 4 is 24.0 Å². The van der Waals surface area contributed by atoms with E-state index >= 15 is 0 Å². The van der Waals surface area contributed by atoms with E-state index in [1.165, 1.54) is 0 Å². The van der Waals surface area contributed by atoms with Crippen LogP contribution >= 0.6 is 12.4 Å². The van der Waals surface area contributed by atoms with Gasteiger partial charge in [-0.3, -0.25) is 4.79 Å². The Morgan fingerprint density at radius 3 is 2.61 bits per heavy atom. The third-order valence-corrected chi connectivity index (χ3v) is 2.14. The third-order valence-electron chi connectivity index (χ3n) is 2.14. The van der Waals surface area contributed by atoms with Gasteiger partial charge >= 0.3 is 0 Å². The van der Waals surface area contributed by atoms with Gasteiger partial charge in [0, 0.05) is 11.8 Å². The van der Waals surface area contributed by atoms with Gasteiger partial charge in [0.05, 0.1) is 19.8 Å². The van der Waals surface area contributed by atoms with Crippen LogP contribution in [-0.4, -0.2) is 25.7 Å². The summed E-state index contributed by atoms with van der Waals surface area (Å²) < 4.78 is 10.5. The Kier molecular flexibility index (Phi) is 7.16. The first-order chi connectivity index (χ1) is 8.08. The van der Waals surface area contributed by atoms with E-state index in [9.17, 15) is 4.79 Å². The fourth-order valence-corrected chi connectivity index (χ4v) is 1.28. The first-order valence-electron chi connectivity index (χ1n) is 5.45. The Morgan fingerprint density at radius 1 is 1.44 bits per heavy atom. The smallest absolute Gasteiger partial charge is 0.241 e. The number of ether oxygens (including phenoxy) is 2. The van der Waals surface area contributed by atoms with Crippen LogP contribution in [0.3, 0.4) is 0 Å². The molecule has 18 heavy (non-hydrogen) atoms. The van der Waals surface area contributed by atoms with Crippen molar-refractivity contribution < 1.29 is 14.3 Å². The fraction of sp³-hybridized carbons (Fsp3) is 0.417. The normalized spacial score (nSPS) is 11.1.